The van der Waals surface area contributed by atoms with Crippen LogP contribution in [0.5, 0.6) is 0 Å². The second-order valence-corrected chi connectivity index (χ2v) is 5.27. The van der Waals surface area contributed by atoms with Gasteiger partial charge in [-0.05, 0) is 33.4 Å². The van der Waals surface area contributed by atoms with E-state index in [2.05, 4.69) is 11.9 Å². The van der Waals surface area contributed by atoms with Gasteiger partial charge in [0, 0.05) is 12.5 Å². The Morgan fingerprint density at radius 2 is 2.35 bits per heavy atom. The molecule has 2 heterocycles. The third-order valence-electron chi connectivity index (χ3n) is 3.72. The largest absolute Gasteiger partial charge is 0.481 e. The van der Waals surface area contributed by atoms with E-state index in [0.717, 1.165) is 25.9 Å². The van der Waals surface area contributed by atoms with Gasteiger partial charge in [-0.2, -0.15) is 0 Å². The van der Waals surface area contributed by atoms with E-state index in [0.29, 0.717) is 12.5 Å². The van der Waals surface area contributed by atoms with Crippen molar-refractivity contribution in [1.82, 2.24) is 4.90 Å². The fraction of sp³-hybridized carbons (Fsp3) is 0.917. The van der Waals surface area contributed by atoms with Gasteiger partial charge in [-0.1, -0.05) is 0 Å². The molecule has 0 saturated carbocycles. The van der Waals surface area contributed by atoms with Gasteiger partial charge in [0.25, 0.3) is 0 Å². The summed E-state index contributed by atoms with van der Waals surface area (Å²) in [5.74, 6) is -1.10. The fourth-order valence-electron chi connectivity index (χ4n) is 2.76. The van der Waals surface area contributed by atoms with Crippen molar-refractivity contribution in [2.75, 3.05) is 26.7 Å². The molecule has 0 spiro atoms. The zero-order chi connectivity index (χ0) is 12.5. The fourth-order valence-corrected chi connectivity index (χ4v) is 2.76. The maximum absolute atomic E-state index is 10.7. The van der Waals surface area contributed by atoms with Gasteiger partial charge in [0.05, 0.1) is 19.1 Å². The molecule has 0 bridgehead atoms. The van der Waals surface area contributed by atoms with Gasteiger partial charge in [0.1, 0.15) is 0 Å². The monoisotopic (exact) mass is 243 g/mol. The molecule has 3 atom stereocenters. The molecule has 2 rings (SSSR count). The lowest BCUT2D eigenvalue weighted by atomic mass is 9.91. The van der Waals surface area contributed by atoms with E-state index in [9.17, 15) is 4.79 Å². The number of carboxylic acid groups (broad SMARTS) is 1. The van der Waals surface area contributed by atoms with Crippen LogP contribution in [0, 0.1) is 5.92 Å². The van der Waals surface area contributed by atoms with E-state index in [4.69, 9.17) is 14.6 Å². The van der Waals surface area contributed by atoms with Crippen molar-refractivity contribution >= 4 is 5.97 Å². The Balaban J connectivity index is 1.93. The molecule has 1 N–H and O–H groups in total. The first kappa shape index (κ1) is 12.8. The minimum Gasteiger partial charge on any atom is -0.481 e. The highest BCUT2D eigenvalue weighted by molar-refractivity contribution is 5.67. The average Bonchev–Trinajstić information content (AvgIpc) is 2.60. The van der Waals surface area contributed by atoms with Crippen LogP contribution in [-0.4, -0.2) is 54.6 Å². The molecule has 2 fully saturated rings. The Kier molecular flexibility index (Phi) is 3.70. The van der Waals surface area contributed by atoms with Gasteiger partial charge in [-0.15, -0.1) is 0 Å². The van der Waals surface area contributed by atoms with E-state index in [1.807, 2.05) is 6.92 Å². The zero-order valence-electron chi connectivity index (χ0n) is 10.5. The molecule has 0 aromatic rings. The summed E-state index contributed by atoms with van der Waals surface area (Å²) in [7, 11) is 2.10. The lowest BCUT2D eigenvalue weighted by Gasteiger charge is -2.38. The smallest absolute Gasteiger partial charge is 0.306 e. The Hall–Kier alpha value is -0.650. The summed E-state index contributed by atoms with van der Waals surface area (Å²) in [5.41, 5.74) is 0. The number of likely N-dealkylation sites (tertiary alicyclic amines) is 1. The van der Waals surface area contributed by atoms with Gasteiger partial charge in [0.15, 0.2) is 5.79 Å². The summed E-state index contributed by atoms with van der Waals surface area (Å²) in [4.78, 5) is 12.9. The van der Waals surface area contributed by atoms with E-state index in [-0.39, 0.29) is 12.5 Å². The van der Waals surface area contributed by atoms with Crippen LogP contribution in [0.15, 0.2) is 0 Å². The topological polar surface area (TPSA) is 59.0 Å². The number of ether oxygens (including phenoxy) is 2. The Labute approximate surface area is 102 Å². The van der Waals surface area contributed by atoms with E-state index < -0.39 is 11.8 Å². The molecule has 0 amide bonds. The van der Waals surface area contributed by atoms with Crippen LogP contribution in [0.2, 0.25) is 0 Å². The molecular weight excluding hydrogens is 222 g/mol. The molecule has 2 aliphatic heterocycles. The molecule has 0 aromatic carbocycles. The predicted octanol–water partition coefficient (Wildman–Crippen LogP) is 0.934. The highest BCUT2D eigenvalue weighted by Crippen LogP contribution is 2.36. The minimum absolute atomic E-state index is 0.0259. The third kappa shape index (κ3) is 2.97. The van der Waals surface area contributed by atoms with Gasteiger partial charge in [0.2, 0.25) is 0 Å². The molecule has 98 valence electrons. The van der Waals surface area contributed by atoms with Crippen molar-refractivity contribution in [2.45, 2.75) is 38.1 Å². The normalized spacial score (nSPS) is 39.4. The number of piperidine rings is 1. The standard InChI is InChI=1S/C12H21NO4/c1-12(9-4-3-5-13(2)7-9)16-8-10(17-12)6-11(14)15/h9-10H,3-8H2,1-2H3,(H,14,15). The number of hydrogen-bond acceptors (Lipinski definition) is 4. The van der Waals surface area contributed by atoms with Crippen molar-refractivity contribution in [3.63, 3.8) is 0 Å². The number of carboxylic acids is 1. The minimum atomic E-state index is -0.830. The summed E-state index contributed by atoms with van der Waals surface area (Å²) >= 11 is 0. The van der Waals surface area contributed by atoms with Crippen LogP contribution in [0.3, 0.4) is 0 Å². The first-order chi connectivity index (χ1) is 7.99. The van der Waals surface area contributed by atoms with Gasteiger partial charge in [-0.25, -0.2) is 0 Å². The molecule has 17 heavy (non-hydrogen) atoms. The molecular formula is C12H21NO4. The summed E-state index contributed by atoms with van der Waals surface area (Å²) < 4.78 is 11.5. The van der Waals surface area contributed by atoms with Gasteiger partial charge >= 0.3 is 5.97 Å². The number of nitrogens with zero attached hydrogens (tertiary/aromatic N) is 1. The van der Waals surface area contributed by atoms with Crippen molar-refractivity contribution in [3.05, 3.63) is 0 Å². The van der Waals surface area contributed by atoms with Gasteiger partial charge in [-0.3, -0.25) is 4.79 Å². The van der Waals surface area contributed by atoms with Crippen LogP contribution in [-0.2, 0) is 14.3 Å². The lowest BCUT2D eigenvalue weighted by Crippen LogP contribution is -2.46. The third-order valence-corrected chi connectivity index (χ3v) is 3.72. The Morgan fingerprint density at radius 1 is 1.59 bits per heavy atom. The number of hydrogen-bond donors (Lipinski definition) is 1. The van der Waals surface area contributed by atoms with Crippen molar-refractivity contribution in [3.8, 4) is 0 Å². The molecule has 2 aliphatic rings. The van der Waals surface area contributed by atoms with Crippen molar-refractivity contribution in [1.29, 1.82) is 0 Å². The second kappa shape index (κ2) is 4.92. The van der Waals surface area contributed by atoms with Crippen LogP contribution in [0.25, 0.3) is 0 Å². The Bertz CT molecular complexity index is 296. The molecule has 3 unspecified atom stereocenters. The molecule has 0 aliphatic carbocycles. The molecule has 0 aromatic heterocycles. The van der Waals surface area contributed by atoms with E-state index in [1.165, 1.54) is 0 Å². The maximum atomic E-state index is 10.7. The SMILES string of the molecule is CN1CCCC(C2(C)OCC(CC(=O)O)O2)C1. The van der Waals surface area contributed by atoms with Gasteiger partial charge < -0.3 is 19.5 Å². The number of aliphatic carboxylic acids is 1. The highest BCUT2D eigenvalue weighted by Gasteiger charge is 2.45. The quantitative estimate of drug-likeness (QED) is 0.799. The summed E-state index contributed by atoms with van der Waals surface area (Å²) in [6.07, 6.45) is 1.95. The summed E-state index contributed by atoms with van der Waals surface area (Å²) in [6.45, 7) is 4.41. The van der Waals surface area contributed by atoms with Crippen LogP contribution in [0.4, 0.5) is 0 Å². The van der Waals surface area contributed by atoms with Crippen LogP contribution in [0.1, 0.15) is 26.2 Å². The predicted molar refractivity (Wildman–Crippen MR) is 61.7 cm³/mol. The van der Waals surface area contributed by atoms with E-state index >= 15 is 0 Å². The second-order valence-electron chi connectivity index (χ2n) is 5.27. The Morgan fingerprint density at radius 3 is 3.00 bits per heavy atom. The zero-order valence-corrected chi connectivity index (χ0v) is 10.5. The van der Waals surface area contributed by atoms with Crippen molar-refractivity contribution < 1.29 is 19.4 Å². The van der Waals surface area contributed by atoms with E-state index in [1.54, 1.807) is 0 Å². The highest BCUT2D eigenvalue weighted by atomic mass is 16.7. The maximum Gasteiger partial charge on any atom is 0.306 e. The first-order valence-electron chi connectivity index (χ1n) is 6.22. The number of carbonyl (C=O) groups is 1. The molecule has 5 heteroatoms. The first-order valence-corrected chi connectivity index (χ1v) is 6.22. The molecule has 0 radical (unpaired) electrons. The van der Waals surface area contributed by atoms with Crippen LogP contribution >= 0.6 is 0 Å². The molecule has 2 saturated heterocycles. The lowest BCUT2D eigenvalue weighted by molar-refractivity contribution is -0.201. The van der Waals surface area contributed by atoms with Crippen molar-refractivity contribution in [2.24, 2.45) is 5.92 Å². The van der Waals surface area contributed by atoms with Crippen LogP contribution < -0.4 is 0 Å². The molecule has 5 nitrogen and oxygen atoms in total. The summed E-state index contributed by atoms with van der Waals surface area (Å²) in [6, 6.07) is 0. The number of rotatable bonds is 3. The summed E-state index contributed by atoms with van der Waals surface area (Å²) in [5, 5.41) is 8.75. The average molecular weight is 243 g/mol.